The molecule has 0 spiro atoms. The SMILES string of the molecule is CNc1cc(F)cc2c1[nH]c1nc(Nc3cnc4ccnn4c3)nc(N3CC4CC3C[C@H]4N)c12. The van der Waals surface area contributed by atoms with Crippen LogP contribution in [-0.2, 0) is 0 Å². The minimum absolute atomic E-state index is 0.222. The van der Waals surface area contributed by atoms with E-state index in [1.165, 1.54) is 6.07 Å². The molecule has 5 heterocycles. The summed E-state index contributed by atoms with van der Waals surface area (Å²) < 4.78 is 16.2. The van der Waals surface area contributed by atoms with Crippen LogP contribution in [0.25, 0.3) is 27.6 Å². The molecule has 172 valence electrons. The third kappa shape index (κ3) is 2.83. The van der Waals surface area contributed by atoms with Gasteiger partial charge in [0.15, 0.2) is 5.65 Å². The van der Waals surface area contributed by atoms with Crippen LogP contribution < -0.4 is 21.3 Å². The Morgan fingerprint density at radius 2 is 2.15 bits per heavy atom. The van der Waals surface area contributed by atoms with Crippen molar-refractivity contribution in [3.05, 3.63) is 42.6 Å². The molecule has 2 fully saturated rings. The van der Waals surface area contributed by atoms with Crippen LogP contribution in [0.2, 0.25) is 0 Å². The summed E-state index contributed by atoms with van der Waals surface area (Å²) in [6.45, 7) is 0.832. The van der Waals surface area contributed by atoms with Gasteiger partial charge in [0.05, 0.1) is 40.9 Å². The molecule has 2 unspecified atom stereocenters. The first-order valence-electron chi connectivity index (χ1n) is 11.4. The van der Waals surface area contributed by atoms with Gasteiger partial charge in [-0.1, -0.05) is 0 Å². The number of halogens is 1. The number of hydrogen-bond acceptors (Lipinski definition) is 8. The lowest BCUT2D eigenvalue weighted by atomic mass is 10.0. The van der Waals surface area contributed by atoms with Gasteiger partial charge in [-0.15, -0.1) is 0 Å². The predicted molar refractivity (Wildman–Crippen MR) is 129 cm³/mol. The van der Waals surface area contributed by atoms with E-state index < -0.39 is 0 Å². The normalized spacial score (nSPS) is 21.9. The Bertz CT molecular complexity index is 1570. The highest BCUT2D eigenvalue weighted by Crippen LogP contribution is 2.43. The second-order valence-corrected chi connectivity index (χ2v) is 9.15. The average molecular weight is 459 g/mol. The van der Waals surface area contributed by atoms with Crippen molar-refractivity contribution in [2.24, 2.45) is 11.7 Å². The largest absolute Gasteiger partial charge is 0.386 e. The molecular formula is C23H23FN10. The maximum Gasteiger partial charge on any atom is 0.231 e. The molecule has 1 aliphatic carbocycles. The smallest absolute Gasteiger partial charge is 0.231 e. The summed E-state index contributed by atoms with van der Waals surface area (Å²) in [6.07, 6.45) is 7.24. The minimum atomic E-state index is -0.311. The Labute approximate surface area is 193 Å². The molecule has 7 rings (SSSR count). The molecular weight excluding hydrogens is 435 g/mol. The van der Waals surface area contributed by atoms with Crippen molar-refractivity contribution in [3.63, 3.8) is 0 Å². The molecule has 10 nitrogen and oxygen atoms in total. The fourth-order valence-corrected chi connectivity index (χ4v) is 5.56. The van der Waals surface area contributed by atoms with Crippen LogP contribution in [0, 0.1) is 11.7 Å². The van der Waals surface area contributed by atoms with E-state index in [2.05, 4.69) is 30.6 Å². The number of nitrogens with zero attached hydrogens (tertiary/aromatic N) is 6. The zero-order valence-electron chi connectivity index (χ0n) is 18.5. The highest BCUT2D eigenvalue weighted by atomic mass is 19.1. The van der Waals surface area contributed by atoms with Crippen molar-refractivity contribution in [1.82, 2.24) is 29.5 Å². The number of nitrogens with two attached hydrogens (primary N) is 1. The van der Waals surface area contributed by atoms with Crippen molar-refractivity contribution >= 4 is 50.7 Å². The first-order valence-corrected chi connectivity index (χ1v) is 11.4. The molecule has 0 radical (unpaired) electrons. The lowest BCUT2D eigenvalue weighted by molar-refractivity contribution is 0.471. The first-order chi connectivity index (χ1) is 16.6. The Morgan fingerprint density at radius 3 is 2.94 bits per heavy atom. The van der Waals surface area contributed by atoms with Gasteiger partial charge in [0.2, 0.25) is 5.95 Å². The third-order valence-corrected chi connectivity index (χ3v) is 7.15. The molecule has 34 heavy (non-hydrogen) atoms. The van der Waals surface area contributed by atoms with Crippen LogP contribution in [-0.4, -0.2) is 55.2 Å². The maximum absolute atomic E-state index is 14.5. The zero-order valence-corrected chi connectivity index (χ0v) is 18.5. The van der Waals surface area contributed by atoms with Gasteiger partial charge in [-0.3, -0.25) is 0 Å². The van der Waals surface area contributed by atoms with E-state index in [1.807, 2.05) is 12.3 Å². The number of piperidine rings is 1. The number of hydrogen-bond donors (Lipinski definition) is 4. The number of benzene rings is 1. The molecule has 11 heteroatoms. The van der Waals surface area contributed by atoms with Gasteiger partial charge in [0.25, 0.3) is 0 Å². The number of rotatable bonds is 4. The van der Waals surface area contributed by atoms with E-state index in [0.717, 1.165) is 47.1 Å². The zero-order chi connectivity index (χ0) is 23.0. The summed E-state index contributed by atoms with van der Waals surface area (Å²) >= 11 is 0. The maximum atomic E-state index is 14.5. The number of aromatic amines is 1. The van der Waals surface area contributed by atoms with Gasteiger partial charge in [0, 0.05) is 37.1 Å². The molecule has 1 saturated heterocycles. The van der Waals surface area contributed by atoms with Crippen LogP contribution in [0.15, 0.2) is 36.8 Å². The Balaban J connectivity index is 1.41. The van der Waals surface area contributed by atoms with E-state index in [1.54, 1.807) is 30.0 Å². The van der Waals surface area contributed by atoms with Crippen molar-refractivity contribution in [2.45, 2.75) is 24.9 Å². The third-order valence-electron chi connectivity index (χ3n) is 7.15. The van der Waals surface area contributed by atoms with E-state index in [-0.39, 0.29) is 11.9 Å². The lowest BCUT2D eigenvalue weighted by Crippen LogP contribution is -2.41. The van der Waals surface area contributed by atoms with Crippen LogP contribution in [0.5, 0.6) is 0 Å². The molecule has 2 bridgehead atoms. The van der Waals surface area contributed by atoms with Crippen LogP contribution in [0.3, 0.4) is 0 Å². The van der Waals surface area contributed by atoms with Gasteiger partial charge in [0.1, 0.15) is 17.3 Å². The van der Waals surface area contributed by atoms with Crippen molar-refractivity contribution in [1.29, 1.82) is 0 Å². The summed E-state index contributed by atoms with van der Waals surface area (Å²) in [5.74, 6) is 1.35. The highest BCUT2D eigenvalue weighted by Gasteiger charge is 2.44. The monoisotopic (exact) mass is 458 g/mol. The van der Waals surface area contributed by atoms with E-state index in [9.17, 15) is 4.39 Å². The summed E-state index contributed by atoms with van der Waals surface area (Å²) in [5.41, 5.74) is 9.90. The second-order valence-electron chi connectivity index (χ2n) is 9.15. The number of anilines is 4. The predicted octanol–water partition coefficient (Wildman–Crippen LogP) is 3.00. The molecule has 3 atom stereocenters. The fraction of sp³-hybridized carbons (Fsp3) is 0.304. The van der Waals surface area contributed by atoms with Gasteiger partial charge < -0.3 is 26.3 Å². The summed E-state index contributed by atoms with van der Waals surface area (Å²) in [5, 5.41) is 12.2. The van der Waals surface area contributed by atoms with Crippen LogP contribution in [0.4, 0.5) is 27.5 Å². The topological polar surface area (TPSA) is 125 Å². The number of aromatic nitrogens is 6. The van der Waals surface area contributed by atoms with E-state index in [0.29, 0.717) is 34.9 Å². The molecule has 4 aromatic heterocycles. The van der Waals surface area contributed by atoms with Crippen molar-refractivity contribution < 1.29 is 4.39 Å². The lowest BCUT2D eigenvalue weighted by Gasteiger charge is -2.31. The average Bonchev–Trinajstić information content (AvgIpc) is 3.60. The summed E-state index contributed by atoms with van der Waals surface area (Å²) in [7, 11) is 1.78. The molecule has 0 amide bonds. The molecule has 1 aliphatic heterocycles. The van der Waals surface area contributed by atoms with Crippen molar-refractivity contribution in [2.75, 3.05) is 29.1 Å². The summed E-state index contributed by atoms with van der Waals surface area (Å²) in [4.78, 5) is 19.8. The Kier molecular flexibility index (Phi) is 4.01. The number of nitrogens with one attached hydrogen (secondary N) is 3. The molecule has 5 N–H and O–H groups in total. The van der Waals surface area contributed by atoms with E-state index >= 15 is 0 Å². The van der Waals surface area contributed by atoms with Gasteiger partial charge in [-0.05, 0) is 30.9 Å². The quantitative estimate of drug-likeness (QED) is 0.324. The van der Waals surface area contributed by atoms with Gasteiger partial charge in [-0.25, -0.2) is 13.9 Å². The molecule has 1 aromatic carbocycles. The first kappa shape index (κ1) is 19.5. The van der Waals surface area contributed by atoms with E-state index in [4.69, 9.17) is 15.7 Å². The summed E-state index contributed by atoms with van der Waals surface area (Å²) in [6, 6.07) is 5.39. The Morgan fingerprint density at radius 1 is 1.24 bits per heavy atom. The van der Waals surface area contributed by atoms with Gasteiger partial charge >= 0.3 is 0 Å². The highest BCUT2D eigenvalue weighted by molar-refractivity contribution is 6.15. The standard InChI is InChI=1S/C23H23FN10/c1-26-17-6-12(24)5-15-19-21(30-20(15)17)31-23(29-13-8-27-18-2-3-28-34(18)10-13)32-22(19)33-9-11-4-14(33)7-16(11)25/h2-3,5-6,8,10-11,14,16,26H,4,7,9,25H2,1H3,(H2,29,30,31,32)/t11?,14?,16-/m1/s1. The molecule has 1 saturated carbocycles. The molecule has 2 aliphatic rings. The van der Waals surface area contributed by atoms with Gasteiger partial charge in [-0.2, -0.15) is 15.1 Å². The van der Waals surface area contributed by atoms with Crippen LogP contribution in [0.1, 0.15) is 12.8 Å². The molecule has 5 aromatic rings. The Hall–Kier alpha value is -3.99. The fourth-order valence-electron chi connectivity index (χ4n) is 5.56. The van der Waals surface area contributed by atoms with Crippen LogP contribution >= 0.6 is 0 Å². The number of H-pyrrole nitrogens is 1. The van der Waals surface area contributed by atoms with Crippen molar-refractivity contribution in [3.8, 4) is 0 Å². The number of fused-ring (bicyclic) bond motifs is 6. The second kappa shape index (κ2) is 7.00. The minimum Gasteiger partial charge on any atom is -0.386 e.